The second-order valence-electron chi connectivity index (χ2n) is 6.23. The molecule has 0 amide bonds. The molecule has 0 fully saturated rings. The maximum atomic E-state index is 13.4. The molecule has 6 nitrogen and oxygen atoms in total. The predicted octanol–water partition coefficient (Wildman–Crippen LogP) is 2.83. The van der Waals surface area contributed by atoms with Crippen LogP contribution in [0.4, 0.5) is 8.78 Å². The van der Waals surface area contributed by atoms with E-state index in [-0.39, 0.29) is 17.8 Å². The molecule has 0 saturated heterocycles. The van der Waals surface area contributed by atoms with Crippen molar-refractivity contribution in [3.8, 4) is 11.1 Å². The van der Waals surface area contributed by atoms with E-state index in [2.05, 4.69) is 20.2 Å². The number of hydrogen-bond acceptors (Lipinski definition) is 4. The number of rotatable bonds is 4. The van der Waals surface area contributed by atoms with E-state index in [0.29, 0.717) is 16.5 Å². The van der Waals surface area contributed by atoms with Crippen molar-refractivity contribution in [2.24, 2.45) is 5.73 Å². The fourth-order valence-corrected chi connectivity index (χ4v) is 2.94. The minimum absolute atomic E-state index is 0.207. The van der Waals surface area contributed by atoms with E-state index in [1.807, 2.05) is 6.07 Å². The Kier molecular flexibility index (Phi) is 4.25. The Bertz CT molecular complexity index is 1170. The van der Waals surface area contributed by atoms with Gasteiger partial charge in [0.2, 0.25) is 0 Å². The van der Waals surface area contributed by atoms with Crippen LogP contribution in [-0.2, 0) is 6.42 Å². The third kappa shape index (κ3) is 3.34. The highest BCUT2D eigenvalue weighted by Gasteiger charge is 2.14. The van der Waals surface area contributed by atoms with Crippen molar-refractivity contribution in [1.29, 1.82) is 0 Å². The molecule has 0 aliphatic carbocycles. The highest BCUT2D eigenvalue weighted by molar-refractivity contribution is 5.83. The van der Waals surface area contributed by atoms with Gasteiger partial charge in [0.1, 0.15) is 5.82 Å². The first kappa shape index (κ1) is 17.0. The molecule has 4 rings (SSSR count). The van der Waals surface area contributed by atoms with Crippen LogP contribution >= 0.6 is 0 Å². The summed E-state index contributed by atoms with van der Waals surface area (Å²) < 4.78 is 26.4. The number of benzene rings is 2. The van der Waals surface area contributed by atoms with Crippen LogP contribution < -0.4 is 11.3 Å². The summed E-state index contributed by atoms with van der Waals surface area (Å²) in [6.45, 7) is 0. The van der Waals surface area contributed by atoms with E-state index < -0.39 is 17.7 Å². The molecule has 4 N–H and O–H groups in total. The zero-order valence-corrected chi connectivity index (χ0v) is 14.0. The maximum Gasteiger partial charge on any atom is 0.258 e. The summed E-state index contributed by atoms with van der Waals surface area (Å²) in [5.74, 6) is -1.57. The van der Waals surface area contributed by atoms with E-state index in [9.17, 15) is 13.6 Å². The zero-order chi connectivity index (χ0) is 19.0. The van der Waals surface area contributed by atoms with Crippen LogP contribution in [0.25, 0.3) is 22.0 Å². The number of hydrogen-bond donors (Lipinski definition) is 3. The fraction of sp³-hybridized carbons (Fsp3) is 0.105. The second-order valence-corrected chi connectivity index (χ2v) is 6.23. The summed E-state index contributed by atoms with van der Waals surface area (Å²) in [7, 11) is 0. The number of nitrogens with zero attached hydrogens (tertiary/aromatic N) is 2. The summed E-state index contributed by atoms with van der Waals surface area (Å²) in [5, 5.41) is 7.05. The monoisotopic (exact) mass is 367 g/mol. The Balaban J connectivity index is 1.67. The number of fused-ring (bicyclic) bond motifs is 1. The molecule has 8 heteroatoms. The summed E-state index contributed by atoms with van der Waals surface area (Å²) in [5.41, 5.74) is 8.51. The molecule has 2 heterocycles. The Morgan fingerprint density at radius 1 is 1.07 bits per heavy atom. The normalized spacial score (nSPS) is 12.4. The molecule has 4 aromatic rings. The van der Waals surface area contributed by atoms with Crippen molar-refractivity contribution in [3.05, 3.63) is 82.2 Å². The van der Waals surface area contributed by atoms with Crippen molar-refractivity contribution >= 4 is 10.9 Å². The van der Waals surface area contributed by atoms with E-state index in [0.717, 1.165) is 23.3 Å². The summed E-state index contributed by atoms with van der Waals surface area (Å²) in [4.78, 5) is 19.6. The summed E-state index contributed by atoms with van der Waals surface area (Å²) >= 11 is 0. The third-order valence-electron chi connectivity index (χ3n) is 4.35. The molecule has 2 aromatic heterocycles. The lowest BCUT2D eigenvalue weighted by atomic mass is 10.0. The van der Waals surface area contributed by atoms with Gasteiger partial charge in [0.25, 0.3) is 5.56 Å². The number of halogens is 2. The van der Waals surface area contributed by atoms with Gasteiger partial charge >= 0.3 is 0 Å². The molecule has 0 saturated carbocycles. The quantitative estimate of drug-likeness (QED) is 0.516. The molecule has 136 valence electrons. The van der Waals surface area contributed by atoms with Gasteiger partial charge in [0.05, 0.1) is 23.1 Å². The van der Waals surface area contributed by atoms with Crippen LogP contribution in [0.3, 0.4) is 0 Å². The van der Waals surface area contributed by atoms with Gasteiger partial charge in [-0.3, -0.25) is 9.89 Å². The Labute approximate surface area is 152 Å². The van der Waals surface area contributed by atoms with E-state index in [4.69, 9.17) is 5.73 Å². The number of H-pyrrole nitrogens is 2. The molecule has 0 bridgehead atoms. The van der Waals surface area contributed by atoms with Gasteiger partial charge in [0.15, 0.2) is 11.6 Å². The second kappa shape index (κ2) is 6.73. The minimum atomic E-state index is -0.938. The third-order valence-corrected chi connectivity index (χ3v) is 4.35. The molecular weight excluding hydrogens is 352 g/mol. The summed E-state index contributed by atoms with van der Waals surface area (Å²) in [6, 6.07) is 8.23. The molecule has 0 aliphatic heterocycles. The lowest BCUT2D eigenvalue weighted by Gasteiger charge is -2.12. The van der Waals surface area contributed by atoms with Gasteiger partial charge in [0, 0.05) is 11.8 Å². The van der Waals surface area contributed by atoms with Crippen LogP contribution in [-0.4, -0.2) is 20.2 Å². The Morgan fingerprint density at radius 3 is 2.67 bits per heavy atom. The van der Waals surface area contributed by atoms with Gasteiger partial charge in [-0.1, -0.05) is 12.1 Å². The number of nitrogens with two attached hydrogens (primary N) is 1. The SMILES string of the molecule is NC(Cc1ccc(F)c(F)c1)c1nc2ccc(-c3cn[nH]c3)cc2c(=O)[nH]1. The van der Waals surface area contributed by atoms with Gasteiger partial charge < -0.3 is 10.7 Å². The van der Waals surface area contributed by atoms with Gasteiger partial charge in [-0.2, -0.15) is 5.10 Å². The standard InChI is InChI=1S/C19H15F2N5O/c20-14-3-1-10(5-15(14)21)6-16(22)18-25-17-4-2-11(12-8-23-24-9-12)7-13(17)19(27)26-18/h1-5,7-9,16H,6,22H2,(H,23,24)(H,25,26,27). The van der Waals surface area contributed by atoms with Crippen molar-refractivity contribution in [1.82, 2.24) is 20.2 Å². The first-order valence-corrected chi connectivity index (χ1v) is 8.24. The minimum Gasteiger partial charge on any atom is -0.321 e. The van der Waals surface area contributed by atoms with Crippen molar-refractivity contribution in [2.45, 2.75) is 12.5 Å². The number of aromatic amines is 2. The van der Waals surface area contributed by atoms with Crippen molar-refractivity contribution in [2.75, 3.05) is 0 Å². The lowest BCUT2D eigenvalue weighted by molar-refractivity contribution is 0.506. The van der Waals surface area contributed by atoms with Gasteiger partial charge in [-0.15, -0.1) is 0 Å². The molecule has 1 atom stereocenters. The van der Waals surface area contributed by atoms with Gasteiger partial charge in [-0.05, 0) is 41.8 Å². The molecular formula is C19H15F2N5O. The molecule has 2 aromatic carbocycles. The largest absolute Gasteiger partial charge is 0.321 e. The smallest absolute Gasteiger partial charge is 0.258 e. The maximum absolute atomic E-state index is 13.4. The van der Waals surface area contributed by atoms with Gasteiger partial charge in [-0.25, -0.2) is 13.8 Å². The number of nitrogens with one attached hydrogen (secondary N) is 2. The summed E-state index contributed by atoms with van der Waals surface area (Å²) in [6.07, 6.45) is 3.60. The first-order chi connectivity index (χ1) is 13.0. The predicted molar refractivity (Wildman–Crippen MR) is 96.9 cm³/mol. The molecule has 0 aliphatic rings. The highest BCUT2D eigenvalue weighted by atomic mass is 19.2. The Morgan fingerprint density at radius 2 is 1.93 bits per heavy atom. The van der Waals surface area contributed by atoms with E-state index >= 15 is 0 Å². The highest BCUT2D eigenvalue weighted by Crippen LogP contribution is 2.22. The van der Waals surface area contributed by atoms with Crippen LogP contribution in [0, 0.1) is 11.6 Å². The molecule has 1 unspecified atom stereocenters. The lowest BCUT2D eigenvalue weighted by Crippen LogP contribution is -2.21. The van der Waals surface area contributed by atoms with Crippen LogP contribution in [0.1, 0.15) is 17.4 Å². The van der Waals surface area contributed by atoms with Crippen molar-refractivity contribution < 1.29 is 8.78 Å². The molecule has 27 heavy (non-hydrogen) atoms. The number of aromatic nitrogens is 4. The topological polar surface area (TPSA) is 100 Å². The average Bonchev–Trinajstić information content (AvgIpc) is 3.19. The van der Waals surface area contributed by atoms with Crippen LogP contribution in [0.15, 0.2) is 53.6 Å². The molecule has 0 radical (unpaired) electrons. The van der Waals surface area contributed by atoms with E-state index in [1.54, 1.807) is 24.5 Å². The zero-order valence-electron chi connectivity index (χ0n) is 14.0. The van der Waals surface area contributed by atoms with Crippen molar-refractivity contribution in [3.63, 3.8) is 0 Å². The molecule has 0 spiro atoms. The first-order valence-electron chi connectivity index (χ1n) is 8.24. The van der Waals surface area contributed by atoms with E-state index in [1.165, 1.54) is 6.07 Å². The average molecular weight is 367 g/mol. The van der Waals surface area contributed by atoms with Crippen LogP contribution in [0.2, 0.25) is 0 Å². The van der Waals surface area contributed by atoms with Crippen LogP contribution in [0.5, 0.6) is 0 Å². The Hall–Kier alpha value is -3.39. The fourth-order valence-electron chi connectivity index (χ4n) is 2.94.